The average molecular weight is 499 g/mol. The number of morpholine rings is 1. The number of nitrogens with zero attached hydrogens (tertiary/aromatic N) is 2. The Labute approximate surface area is 195 Å². The number of halogens is 1. The average Bonchev–Trinajstić information content (AvgIpc) is 3.42. The summed E-state index contributed by atoms with van der Waals surface area (Å²) in [5.41, 5.74) is 1.77. The number of anilines is 1. The number of ether oxygens (including phenoxy) is 2. The van der Waals surface area contributed by atoms with Gasteiger partial charge in [0.15, 0.2) is 0 Å². The van der Waals surface area contributed by atoms with Crippen LogP contribution in [0.25, 0.3) is 0 Å². The Morgan fingerprint density at radius 1 is 1.16 bits per heavy atom. The second kappa shape index (κ2) is 9.89. The molecule has 3 aromatic rings. The minimum absolute atomic E-state index is 0.221. The molecule has 0 atom stereocenters. The van der Waals surface area contributed by atoms with Gasteiger partial charge in [-0.05, 0) is 53.4 Å². The molecule has 1 aliphatic rings. The lowest BCUT2D eigenvalue weighted by Gasteiger charge is -2.26. The zero-order chi connectivity index (χ0) is 21.8. The van der Waals surface area contributed by atoms with E-state index in [2.05, 4.69) is 16.3 Å². The molecule has 3 heterocycles. The first-order chi connectivity index (χ1) is 15.0. The van der Waals surface area contributed by atoms with Crippen LogP contribution in [0.15, 0.2) is 52.1 Å². The number of hydrogen-bond acceptors (Lipinski definition) is 7. The van der Waals surface area contributed by atoms with E-state index in [0.29, 0.717) is 15.8 Å². The third kappa shape index (κ3) is 5.42. The van der Waals surface area contributed by atoms with E-state index >= 15 is 0 Å². The zero-order valence-corrected chi connectivity index (χ0v) is 20.2. The number of hydrogen-bond donors (Lipinski definition) is 0. The summed E-state index contributed by atoms with van der Waals surface area (Å²) in [5, 5.41) is 2.10. The van der Waals surface area contributed by atoms with Crippen molar-refractivity contribution in [3.05, 3.63) is 62.6 Å². The summed E-state index contributed by atoms with van der Waals surface area (Å²) in [4.78, 5) is 3.33. The molecule has 0 aliphatic carbocycles. The molecule has 6 nitrogen and oxygen atoms in total. The fraction of sp³-hybridized carbons (Fsp3) is 0.333. The summed E-state index contributed by atoms with van der Waals surface area (Å²) < 4.78 is 39.6. The molecular weight excluding hydrogens is 476 g/mol. The number of sulfonamides is 1. The number of thiophene rings is 2. The lowest BCUT2D eigenvalue weighted by molar-refractivity contribution is 0.0342. The monoisotopic (exact) mass is 498 g/mol. The van der Waals surface area contributed by atoms with Crippen LogP contribution in [-0.2, 0) is 27.8 Å². The van der Waals surface area contributed by atoms with Crippen LogP contribution in [0, 0.1) is 0 Å². The molecule has 0 unspecified atom stereocenters. The molecule has 0 radical (unpaired) electrons. The fourth-order valence-corrected chi connectivity index (χ4v) is 7.35. The number of benzene rings is 1. The predicted molar refractivity (Wildman–Crippen MR) is 126 cm³/mol. The van der Waals surface area contributed by atoms with E-state index in [-0.39, 0.29) is 10.8 Å². The summed E-state index contributed by atoms with van der Waals surface area (Å²) in [6, 6.07) is 12.3. The molecule has 0 N–H and O–H groups in total. The van der Waals surface area contributed by atoms with Crippen LogP contribution in [-0.4, -0.2) is 46.7 Å². The van der Waals surface area contributed by atoms with E-state index in [0.717, 1.165) is 49.1 Å². The van der Waals surface area contributed by atoms with Gasteiger partial charge in [-0.1, -0.05) is 11.6 Å². The first-order valence-corrected chi connectivity index (χ1v) is 13.3. The fourth-order valence-electron chi connectivity index (χ4n) is 3.36. The largest absolute Gasteiger partial charge is 0.497 e. The van der Waals surface area contributed by atoms with Crippen LogP contribution >= 0.6 is 34.3 Å². The minimum atomic E-state index is -3.76. The lowest BCUT2D eigenvalue weighted by Crippen LogP contribution is -2.35. The van der Waals surface area contributed by atoms with E-state index < -0.39 is 10.0 Å². The number of rotatable bonds is 8. The lowest BCUT2D eigenvalue weighted by atomic mass is 10.2. The Balaban J connectivity index is 1.60. The smallest absolute Gasteiger partial charge is 0.274 e. The highest BCUT2D eigenvalue weighted by Crippen LogP contribution is 2.33. The first-order valence-electron chi connectivity index (χ1n) is 9.74. The van der Waals surface area contributed by atoms with Gasteiger partial charge in [-0.2, -0.15) is 0 Å². The van der Waals surface area contributed by atoms with Gasteiger partial charge in [0.1, 0.15) is 9.96 Å². The van der Waals surface area contributed by atoms with Crippen molar-refractivity contribution < 1.29 is 17.9 Å². The van der Waals surface area contributed by atoms with Gasteiger partial charge >= 0.3 is 0 Å². The standard InChI is InChI=1S/C21H23ClN2O4S3/c1-27-18-4-2-17(3-5-18)24(31(25,26)21-7-6-20(22)30-21)14-19-12-16(15-29-19)13-23-8-10-28-11-9-23/h2-7,12,15H,8-11,13-14H2,1H3. The van der Waals surface area contributed by atoms with Gasteiger partial charge in [-0.25, -0.2) is 8.42 Å². The Bertz CT molecular complexity index is 1110. The highest BCUT2D eigenvalue weighted by atomic mass is 35.5. The van der Waals surface area contributed by atoms with Gasteiger partial charge < -0.3 is 9.47 Å². The van der Waals surface area contributed by atoms with Crippen LogP contribution < -0.4 is 9.04 Å². The van der Waals surface area contributed by atoms with Crippen molar-refractivity contribution in [3.8, 4) is 5.75 Å². The summed E-state index contributed by atoms with van der Waals surface area (Å²) in [5.74, 6) is 0.671. The van der Waals surface area contributed by atoms with Crippen LogP contribution in [0.5, 0.6) is 5.75 Å². The molecule has 0 saturated carbocycles. The topological polar surface area (TPSA) is 59.1 Å². The molecule has 0 spiro atoms. The van der Waals surface area contributed by atoms with Crippen molar-refractivity contribution in [1.82, 2.24) is 4.90 Å². The van der Waals surface area contributed by atoms with Crippen molar-refractivity contribution in [2.45, 2.75) is 17.3 Å². The molecule has 2 aromatic heterocycles. The van der Waals surface area contributed by atoms with Gasteiger partial charge in [0.2, 0.25) is 0 Å². The zero-order valence-electron chi connectivity index (χ0n) is 17.0. The molecule has 1 aliphatic heterocycles. The molecule has 1 saturated heterocycles. The Morgan fingerprint density at radius 2 is 1.90 bits per heavy atom. The van der Waals surface area contributed by atoms with Crippen molar-refractivity contribution >= 4 is 50.0 Å². The molecule has 4 rings (SSSR count). The summed E-state index contributed by atoms with van der Waals surface area (Å²) in [7, 11) is -2.18. The van der Waals surface area contributed by atoms with Gasteiger partial charge in [0.05, 0.1) is 36.9 Å². The summed E-state index contributed by atoms with van der Waals surface area (Å²) in [6.45, 7) is 4.43. The van der Waals surface area contributed by atoms with Gasteiger partial charge in [0, 0.05) is 24.5 Å². The normalized spacial score (nSPS) is 15.2. The third-order valence-electron chi connectivity index (χ3n) is 4.97. The summed E-state index contributed by atoms with van der Waals surface area (Å²) >= 11 is 8.65. The summed E-state index contributed by atoms with van der Waals surface area (Å²) in [6.07, 6.45) is 0. The number of methoxy groups -OCH3 is 1. The molecule has 0 bridgehead atoms. The third-order valence-corrected chi connectivity index (χ3v) is 9.41. The van der Waals surface area contributed by atoms with Crippen molar-refractivity contribution in [2.75, 3.05) is 37.7 Å². The van der Waals surface area contributed by atoms with Gasteiger partial charge in [-0.15, -0.1) is 22.7 Å². The van der Waals surface area contributed by atoms with Crippen LogP contribution in [0.3, 0.4) is 0 Å². The van der Waals surface area contributed by atoms with E-state index in [9.17, 15) is 8.42 Å². The van der Waals surface area contributed by atoms with E-state index in [1.54, 1.807) is 54.8 Å². The highest BCUT2D eigenvalue weighted by molar-refractivity contribution is 7.94. The molecule has 0 amide bonds. The molecule has 1 aromatic carbocycles. The van der Waals surface area contributed by atoms with Crippen LogP contribution in [0.1, 0.15) is 10.4 Å². The quantitative estimate of drug-likeness (QED) is 0.450. The van der Waals surface area contributed by atoms with Crippen molar-refractivity contribution in [1.29, 1.82) is 0 Å². The Hall–Kier alpha value is -1.62. The second-order valence-corrected chi connectivity index (χ2v) is 11.9. The maximum atomic E-state index is 13.5. The van der Waals surface area contributed by atoms with Crippen LogP contribution in [0.2, 0.25) is 4.34 Å². The Morgan fingerprint density at radius 3 is 2.55 bits per heavy atom. The van der Waals surface area contributed by atoms with E-state index in [4.69, 9.17) is 21.1 Å². The highest BCUT2D eigenvalue weighted by Gasteiger charge is 2.27. The molecular formula is C21H23ClN2O4S3. The second-order valence-electron chi connectivity index (χ2n) is 7.08. The van der Waals surface area contributed by atoms with Gasteiger partial charge in [0.25, 0.3) is 10.0 Å². The maximum Gasteiger partial charge on any atom is 0.274 e. The SMILES string of the molecule is COc1ccc(N(Cc2cc(CN3CCOCC3)cs2)S(=O)(=O)c2ccc(Cl)s2)cc1. The van der Waals surface area contributed by atoms with Crippen molar-refractivity contribution in [3.63, 3.8) is 0 Å². The maximum absolute atomic E-state index is 13.5. The Kier molecular flexibility index (Phi) is 7.20. The van der Waals surface area contributed by atoms with E-state index in [1.807, 2.05) is 0 Å². The molecule has 1 fully saturated rings. The van der Waals surface area contributed by atoms with Gasteiger partial charge in [-0.3, -0.25) is 9.21 Å². The minimum Gasteiger partial charge on any atom is -0.497 e. The first kappa shape index (κ1) is 22.6. The van der Waals surface area contributed by atoms with E-state index in [1.165, 1.54) is 9.87 Å². The molecule has 10 heteroatoms. The predicted octanol–water partition coefficient (Wildman–Crippen LogP) is 4.70. The van der Waals surface area contributed by atoms with Crippen LogP contribution in [0.4, 0.5) is 5.69 Å². The molecule has 31 heavy (non-hydrogen) atoms. The molecule has 166 valence electrons. The van der Waals surface area contributed by atoms with Crippen molar-refractivity contribution in [2.24, 2.45) is 0 Å².